The smallest absolute Gasteiger partial charge is 0.334 e. The number of allylic oxidation sites excluding steroid dienone is 1. The first-order valence-electron chi connectivity index (χ1n) is 10.0. The first-order chi connectivity index (χ1) is 13.8. The van der Waals surface area contributed by atoms with Crippen LogP contribution in [0, 0.1) is 11.8 Å². The number of esters is 3. The average Bonchev–Trinajstić information content (AvgIpc) is 2.88. The summed E-state index contributed by atoms with van der Waals surface area (Å²) in [5, 5.41) is 11.1. The zero-order valence-corrected chi connectivity index (χ0v) is 18.1. The summed E-state index contributed by atoms with van der Waals surface area (Å²) in [4.78, 5) is 49.5. The number of ether oxygens (including phenoxy) is 3. The van der Waals surface area contributed by atoms with Crippen molar-refractivity contribution in [1.82, 2.24) is 0 Å². The third kappa shape index (κ3) is 5.16. The van der Waals surface area contributed by atoms with Gasteiger partial charge in [0.1, 0.15) is 6.10 Å². The number of rotatable bonds is 4. The number of carbonyl (C=O) groups excluding carboxylic acids is 4. The van der Waals surface area contributed by atoms with E-state index in [1.54, 1.807) is 13.0 Å². The lowest BCUT2D eigenvalue weighted by Crippen LogP contribution is -2.58. The number of ketones is 1. The minimum atomic E-state index is -2.15. The Morgan fingerprint density at radius 1 is 1.30 bits per heavy atom. The molecule has 5 atom stereocenters. The third-order valence-electron chi connectivity index (χ3n) is 5.36. The molecule has 0 bridgehead atoms. The van der Waals surface area contributed by atoms with Crippen LogP contribution in [0.4, 0.5) is 0 Å². The monoisotopic (exact) mass is 422 g/mol. The Morgan fingerprint density at radius 2 is 1.93 bits per heavy atom. The molecular formula is C22H30O8. The van der Waals surface area contributed by atoms with Crippen LogP contribution in [-0.2, 0) is 33.4 Å². The van der Waals surface area contributed by atoms with Gasteiger partial charge in [-0.25, -0.2) is 4.79 Å². The Kier molecular flexibility index (Phi) is 7.23. The molecule has 0 aromatic rings. The lowest BCUT2D eigenvalue weighted by molar-refractivity contribution is -0.197. The van der Waals surface area contributed by atoms with E-state index in [1.807, 2.05) is 13.8 Å². The van der Waals surface area contributed by atoms with Gasteiger partial charge in [-0.1, -0.05) is 26.0 Å². The molecule has 2 aliphatic rings. The van der Waals surface area contributed by atoms with Crippen molar-refractivity contribution in [2.24, 2.45) is 11.8 Å². The number of aliphatic hydroxyl groups is 1. The quantitative estimate of drug-likeness (QED) is 0.317. The van der Waals surface area contributed by atoms with Crippen LogP contribution in [0.5, 0.6) is 0 Å². The van der Waals surface area contributed by atoms with Gasteiger partial charge in [0.2, 0.25) is 0 Å². The van der Waals surface area contributed by atoms with Gasteiger partial charge in [0.05, 0.1) is 5.92 Å². The Balaban J connectivity index is 2.63. The summed E-state index contributed by atoms with van der Waals surface area (Å²) in [5.41, 5.74) is -1.36. The highest BCUT2D eigenvalue weighted by molar-refractivity contribution is 5.92. The predicted octanol–water partition coefficient (Wildman–Crippen LogP) is 2.03. The van der Waals surface area contributed by atoms with Crippen LogP contribution in [0.15, 0.2) is 23.8 Å². The molecule has 8 heteroatoms. The van der Waals surface area contributed by atoms with Crippen molar-refractivity contribution in [1.29, 1.82) is 0 Å². The summed E-state index contributed by atoms with van der Waals surface area (Å²) < 4.78 is 16.4. The van der Waals surface area contributed by atoms with Gasteiger partial charge in [-0.2, -0.15) is 0 Å². The molecule has 1 aliphatic heterocycles. The Bertz CT molecular complexity index is 776. The minimum absolute atomic E-state index is 0.0195. The summed E-state index contributed by atoms with van der Waals surface area (Å²) in [6.45, 7) is 11.5. The number of carbonyl (C=O) groups is 4. The summed E-state index contributed by atoms with van der Waals surface area (Å²) >= 11 is 0. The predicted molar refractivity (Wildman–Crippen MR) is 106 cm³/mol. The van der Waals surface area contributed by atoms with Crippen molar-refractivity contribution < 1.29 is 38.5 Å². The van der Waals surface area contributed by atoms with Gasteiger partial charge in [0.25, 0.3) is 0 Å². The van der Waals surface area contributed by atoms with E-state index in [-0.39, 0.29) is 24.3 Å². The molecular weight excluding hydrogens is 392 g/mol. The zero-order valence-electron chi connectivity index (χ0n) is 18.1. The first kappa shape index (κ1) is 23.8. The molecule has 8 nitrogen and oxygen atoms in total. The van der Waals surface area contributed by atoms with Crippen molar-refractivity contribution in [3.63, 3.8) is 0 Å². The molecule has 0 aromatic heterocycles. The molecule has 1 N–H and O–H groups in total. The van der Waals surface area contributed by atoms with Crippen LogP contribution < -0.4 is 0 Å². The van der Waals surface area contributed by atoms with Crippen LogP contribution in [0.1, 0.15) is 53.9 Å². The van der Waals surface area contributed by atoms with Gasteiger partial charge in [0, 0.05) is 25.3 Å². The van der Waals surface area contributed by atoms with Gasteiger partial charge in [0.15, 0.2) is 23.6 Å². The lowest BCUT2D eigenvalue weighted by atomic mass is 9.78. The molecule has 0 saturated carbocycles. The van der Waals surface area contributed by atoms with E-state index in [0.29, 0.717) is 6.42 Å². The van der Waals surface area contributed by atoms with E-state index in [0.717, 1.165) is 12.5 Å². The highest BCUT2D eigenvalue weighted by atomic mass is 16.6. The average molecular weight is 422 g/mol. The normalized spacial score (nSPS) is 32.2. The standard InChI is InChI=1S/C22H30O8/c1-11(2)9-17(25)30-19-18-13(4)21(26)29-15(18)10-12(3)7-8-16(24)22(6,27)20(19)28-14(5)23/h10-11,15,18-20,27H,4,7-9H2,1-3,5-6H3. The van der Waals surface area contributed by atoms with Gasteiger partial charge >= 0.3 is 17.9 Å². The molecule has 1 heterocycles. The van der Waals surface area contributed by atoms with Crippen molar-refractivity contribution >= 4 is 23.7 Å². The molecule has 1 saturated heterocycles. The van der Waals surface area contributed by atoms with Crippen LogP contribution in [-0.4, -0.2) is 52.7 Å². The van der Waals surface area contributed by atoms with E-state index >= 15 is 0 Å². The molecule has 0 aromatic carbocycles. The molecule has 1 aliphatic carbocycles. The fraction of sp³-hybridized carbons (Fsp3) is 0.636. The molecule has 2 rings (SSSR count). The second kappa shape index (κ2) is 9.12. The van der Waals surface area contributed by atoms with Crippen molar-refractivity contribution in [3.05, 3.63) is 23.8 Å². The molecule has 5 unspecified atom stereocenters. The largest absolute Gasteiger partial charge is 0.457 e. The van der Waals surface area contributed by atoms with Gasteiger partial charge in [-0.05, 0) is 32.3 Å². The van der Waals surface area contributed by atoms with Crippen LogP contribution in [0.25, 0.3) is 0 Å². The number of fused-ring (bicyclic) bond motifs is 1. The Hall–Kier alpha value is -2.48. The Morgan fingerprint density at radius 3 is 2.50 bits per heavy atom. The van der Waals surface area contributed by atoms with Crippen molar-refractivity contribution in [3.8, 4) is 0 Å². The number of Topliss-reactive ketones (excluding diaryl/α,β-unsaturated/α-hetero) is 1. The van der Waals surface area contributed by atoms with Crippen LogP contribution in [0.3, 0.4) is 0 Å². The molecule has 1 fully saturated rings. The summed E-state index contributed by atoms with van der Waals surface area (Å²) in [6.07, 6.45) is -1.66. The topological polar surface area (TPSA) is 116 Å². The lowest BCUT2D eigenvalue weighted by Gasteiger charge is -2.39. The maximum absolute atomic E-state index is 12.8. The molecule has 166 valence electrons. The first-order valence-corrected chi connectivity index (χ1v) is 10.0. The summed E-state index contributed by atoms with van der Waals surface area (Å²) in [5.74, 6) is -3.57. The van der Waals surface area contributed by atoms with Crippen LogP contribution >= 0.6 is 0 Å². The maximum Gasteiger partial charge on any atom is 0.334 e. The van der Waals surface area contributed by atoms with Crippen molar-refractivity contribution in [2.75, 3.05) is 0 Å². The van der Waals surface area contributed by atoms with E-state index in [9.17, 15) is 24.3 Å². The SMILES string of the molecule is C=C1C(=O)OC2C=C(C)CCC(=O)C(C)(O)C(OC(C)=O)C(OC(=O)CC(C)C)C12. The second-order valence-corrected chi connectivity index (χ2v) is 8.59. The van der Waals surface area contributed by atoms with Crippen LogP contribution in [0.2, 0.25) is 0 Å². The molecule has 0 radical (unpaired) electrons. The van der Waals surface area contributed by atoms with Gasteiger partial charge in [-0.3, -0.25) is 14.4 Å². The van der Waals surface area contributed by atoms with Crippen molar-refractivity contribution in [2.45, 2.75) is 77.8 Å². The highest BCUT2D eigenvalue weighted by Crippen LogP contribution is 2.39. The van der Waals surface area contributed by atoms with E-state index < -0.39 is 53.5 Å². The van der Waals surface area contributed by atoms with E-state index in [2.05, 4.69) is 6.58 Å². The fourth-order valence-corrected chi connectivity index (χ4v) is 3.75. The summed E-state index contributed by atoms with van der Waals surface area (Å²) in [6, 6.07) is 0. The molecule has 30 heavy (non-hydrogen) atoms. The Labute approximate surface area is 176 Å². The number of hydrogen-bond acceptors (Lipinski definition) is 8. The summed E-state index contributed by atoms with van der Waals surface area (Å²) in [7, 11) is 0. The second-order valence-electron chi connectivity index (χ2n) is 8.59. The minimum Gasteiger partial charge on any atom is -0.457 e. The fourth-order valence-electron chi connectivity index (χ4n) is 3.75. The van der Waals surface area contributed by atoms with E-state index in [1.165, 1.54) is 6.92 Å². The maximum atomic E-state index is 12.8. The zero-order chi connectivity index (χ0) is 22.8. The highest BCUT2D eigenvalue weighted by Gasteiger charge is 2.55. The number of hydrogen-bond donors (Lipinski definition) is 1. The van der Waals surface area contributed by atoms with E-state index in [4.69, 9.17) is 14.2 Å². The molecule has 0 spiro atoms. The van der Waals surface area contributed by atoms with Gasteiger partial charge in [-0.15, -0.1) is 0 Å². The van der Waals surface area contributed by atoms with Gasteiger partial charge < -0.3 is 19.3 Å². The third-order valence-corrected chi connectivity index (χ3v) is 5.36. The molecule has 0 amide bonds.